The van der Waals surface area contributed by atoms with Gasteiger partial charge in [-0.3, -0.25) is 0 Å². The molecule has 0 fully saturated rings. The monoisotopic (exact) mass is 202 g/mol. The largest absolute Gasteiger partial charge is 0.300 e. The van der Waals surface area contributed by atoms with Crippen LogP contribution in [0, 0.1) is 11.8 Å². The molecular formula is C12H26O2. The molecule has 0 bridgehead atoms. The molecule has 0 aromatic rings. The van der Waals surface area contributed by atoms with E-state index in [0.717, 1.165) is 0 Å². The summed E-state index contributed by atoms with van der Waals surface area (Å²) in [5.74, 6) is 1.06. The van der Waals surface area contributed by atoms with Gasteiger partial charge in [-0.15, -0.1) is 0 Å². The van der Waals surface area contributed by atoms with Gasteiger partial charge in [-0.05, 0) is 25.7 Å². The van der Waals surface area contributed by atoms with Gasteiger partial charge in [0.1, 0.15) is 11.6 Å². The van der Waals surface area contributed by atoms with Crippen molar-refractivity contribution in [3.8, 4) is 0 Å². The molecule has 2 atom stereocenters. The van der Waals surface area contributed by atoms with Crippen molar-refractivity contribution in [1.82, 2.24) is 0 Å². The number of hydrogen-bond acceptors (Lipinski definition) is 2. The predicted molar refractivity (Wildman–Crippen MR) is 62.4 cm³/mol. The van der Waals surface area contributed by atoms with E-state index in [1.54, 1.807) is 13.8 Å². The number of Topliss-reactive ketones (excluding diaryl/α,β-unsaturated/α-hetero) is 2. The molecule has 0 aliphatic rings. The van der Waals surface area contributed by atoms with Gasteiger partial charge in [0, 0.05) is 12.8 Å². The third-order valence-corrected chi connectivity index (χ3v) is 2.19. The molecule has 0 rings (SSSR count). The average Bonchev–Trinajstić information content (AvgIpc) is 1.84. The summed E-state index contributed by atoms with van der Waals surface area (Å²) in [4.78, 5) is 21.5. The number of rotatable bonds is 5. The quantitative estimate of drug-likeness (QED) is 0.684. The summed E-state index contributed by atoms with van der Waals surface area (Å²) in [5.41, 5.74) is 0. The van der Waals surface area contributed by atoms with Crippen molar-refractivity contribution in [1.29, 1.82) is 0 Å². The van der Waals surface area contributed by atoms with Crippen molar-refractivity contribution in [2.24, 2.45) is 11.8 Å². The molecule has 2 unspecified atom stereocenters. The molecule has 0 aromatic carbocycles. The van der Waals surface area contributed by atoms with Crippen LogP contribution in [0.2, 0.25) is 0 Å². The van der Waals surface area contributed by atoms with Crippen LogP contribution in [0.3, 0.4) is 0 Å². The molecule has 0 amide bonds. The number of ketones is 2. The minimum Gasteiger partial charge on any atom is -0.300 e. The molecule has 0 aromatic heterocycles. The molecule has 0 saturated carbocycles. The van der Waals surface area contributed by atoms with Gasteiger partial charge in [0.05, 0.1) is 0 Å². The Morgan fingerprint density at radius 3 is 1.21 bits per heavy atom. The first-order chi connectivity index (χ1) is 5.43. The van der Waals surface area contributed by atoms with E-state index in [0.29, 0.717) is 24.7 Å². The minimum atomic E-state index is 0. The topological polar surface area (TPSA) is 34.1 Å². The highest BCUT2D eigenvalue weighted by molar-refractivity contribution is 5.77. The number of carbonyl (C=O) groups is 2. The SMILES string of the molecule is C.C.CC(=O)CC(C)C(C)CC(C)=O. The zero-order valence-electron chi connectivity index (χ0n) is 8.39. The Hall–Kier alpha value is -0.660. The lowest BCUT2D eigenvalue weighted by atomic mass is 9.88. The summed E-state index contributed by atoms with van der Waals surface area (Å²) in [6.45, 7) is 7.23. The van der Waals surface area contributed by atoms with Crippen LogP contribution in [0.25, 0.3) is 0 Å². The Balaban J connectivity index is -0.000000605. The van der Waals surface area contributed by atoms with Crippen LogP contribution in [0.15, 0.2) is 0 Å². The maximum atomic E-state index is 10.8. The van der Waals surface area contributed by atoms with Crippen LogP contribution in [-0.4, -0.2) is 11.6 Å². The van der Waals surface area contributed by atoms with Gasteiger partial charge in [0.15, 0.2) is 0 Å². The Labute approximate surface area is 89.1 Å². The van der Waals surface area contributed by atoms with Crippen molar-refractivity contribution < 1.29 is 9.59 Å². The molecule has 0 N–H and O–H groups in total. The predicted octanol–water partition coefficient (Wildman–Crippen LogP) is 3.49. The van der Waals surface area contributed by atoms with E-state index in [9.17, 15) is 9.59 Å². The molecule has 0 aliphatic carbocycles. The van der Waals surface area contributed by atoms with Crippen LogP contribution in [0.1, 0.15) is 55.4 Å². The molecule has 2 nitrogen and oxygen atoms in total. The Morgan fingerprint density at radius 1 is 0.857 bits per heavy atom. The fourth-order valence-corrected chi connectivity index (χ4v) is 1.31. The maximum Gasteiger partial charge on any atom is 0.130 e. The average molecular weight is 202 g/mol. The first kappa shape index (κ1) is 19.0. The van der Waals surface area contributed by atoms with Gasteiger partial charge in [0.25, 0.3) is 0 Å². The standard InChI is InChI=1S/C10H18O2.2CH4/c1-7(5-9(3)11)8(2)6-10(4)12;;/h7-8H,5-6H2,1-4H3;2*1H4. The van der Waals surface area contributed by atoms with Gasteiger partial charge in [-0.1, -0.05) is 28.7 Å². The van der Waals surface area contributed by atoms with Crippen molar-refractivity contribution in [3.05, 3.63) is 0 Å². The third kappa shape index (κ3) is 9.43. The summed E-state index contributed by atoms with van der Waals surface area (Å²) in [6.07, 6.45) is 1.18. The normalized spacial score (nSPS) is 13.1. The second-order valence-electron chi connectivity index (χ2n) is 3.77. The van der Waals surface area contributed by atoms with Crippen LogP contribution in [0.4, 0.5) is 0 Å². The number of carbonyl (C=O) groups excluding carboxylic acids is 2. The lowest BCUT2D eigenvalue weighted by Gasteiger charge is -2.16. The Bertz CT molecular complexity index is 153. The van der Waals surface area contributed by atoms with E-state index >= 15 is 0 Å². The second kappa shape index (κ2) is 8.92. The highest BCUT2D eigenvalue weighted by Crippen LogP contribution is 2.18. The molecular weight excluding hydrogens is 176 g/mol. The first-order valence-electron chi connectivity index (χ1n) is 4.42. The zero-order valence-corrected chi connectivity index (χ0v) is 8.39. The molecule has 14 heavy (non-hydrogen) atoms. The smallest absolute Gasteiger partial charge is 0.130 e. The zero-order chi connectivity index (χ0) is 9.72. The molecule has 0 heterocycles. The third-order valence-electron chi connectivity index (χ3n) is 2.19. The van der Waals surface area contributed by atoms with Gasteiger partial charge >= 0.3 is 0 Å². The van der Waals surface area contributed by atoms with Crippen molar-refractivity contribution >= 4 is 11.6 Å². The summed E-state index contributed by atoms with van der Waals surface area (Å²) < 4.78 is 0. The first-order valence-corrected chi connectivity index (χ1v) is 4.42. The molecule has 86 valence electrons. The molecule has 0 saturated heterocycles. The van der Waals surface area contributed by atoms with Crippen LogP contribution in [0.5, 0.6) is 0 Å². The van der Waals surface area contributed by atoms with Gasteiger partial charge < -0.3 is 9.59 Å². The van der Waals surface area contributed by atoms with E-state index < -0.39 is 0 Å². The van der Waals surface area contributed by atoms with Crippen molar-refractivity contribution in [2.75, 3.05) is 0 Å². The van der Waals surface area contributed by atoms with E-state index in [2.05, 4.69) is 0 Å². The minimum absolute atomic E-state index is 0. The lowest BCUT2D eigenvalue weighted by Crippen LogP contribution is -2.14. The number of hydrogen-bond donors (Lipinski definition) is 0. The van der Waals surface area contributed by atoms with Crippen LogP contribution in [-0.2, 0) is 9.59 Å². The van der Waals surface area contributed by atoms with Gasteiger partial charge in [-0.25, -0.2) is 0 Å². The second-order valence-corrected chi connectivity index (χ2v) is 3.77. The maximum absolute atomic E-state index is 10.8. The summed E-state index contributed by atoms with van der Waals surface area (Å²) in [7, 11) is 0. The molecule has 0 aliphatic heterocycles. The van der Waals surface area contributed by atoms with Gasteiger partial charge in [0.2, 0.25) is 0 Å². The van der Waals surface area contributed by atoms with Crippen molar-refractivity contribution in [3.63, 3.8) is 0 Å². The summed E-state index contributed by atoms with van der Waals surface area (Å²) >= 11 is 0. The summed E-state index contributed by atoms with van der Waals surface area (Å²) in [5, 5.41) is 0. The molecule has 2 heteroatoms. The van der Waals surface area contributed by atoms with Crippen LogP contribution >= 0.6 is 0 Å². The Kier molecular flexibility index (Phi) is 12.1. The fourth-order valence-electron chi connectivity index (χ4n) is 1.31. The van der Waals surface area contributed by atoms with E-state index in [-0.39, 0.29) is 26.4 Å². The van der Waals surface area contributed by atoms with E-state index in [1.807, 2.05) is 13.8 Å². The fraction of sp³-hybridized carbons (Fsp3) is 0.833. The van der Waals surface area contributed by atoms with Crippen LogP contribution < -0.4 is 0 Å². The Morgan fingerprint density at radius 2 is 1.07 bits per heavy atom. The van der Waals surface area contributed by atoms with Crippen molar-refractivity contribution in [2.45, 2.75) is 55.4 Å². The summed E-state index contributed by atoms with van der Waals surface area (Å²) in [6, 6.07) is 0. The van der Waals surface area contributed by atoms with E-state index in [1.165, 1.54) is 0 Å². The van der Waals surface area contributed by atoms with Gasteiger partial charge in [-0.2, -0.15) is 0 Å². The highest BCUT2D eigenvalue weighted by atomic mass is 16.1. The highest BCUT2D eigenvalue weighted by Gasteiger charge is 2.15. The van der Waals surface area contributed by atoms with E-state index in [4.69, 9.17) is 0 Å². The lowest BCUT2D eigenvalue weighted by molar-refractivity contribution is -0.120. The molecule has 0 spiro atoms. The molecule has 0 radical (unpaired) electrons.